The van der Waals surface area contributed by atoms with Gasteiger partial charge in [0.2, 0.25) is 0 Å². The molecule has 22 heavy (non-hydrogen) atoms. The van der Waals surface area contributed by atoms with Gasteiger partial charge in [-0.1, -0.05) is 6.07 Å². The standard InChI is InChI=1S/C15H16F2N2O3/c1-7(2)22-14(20)11-8(3)18-15(21)19-13(11)12-9(16)5-4-6-10(12)17/h4-7,13H,1-3H3,(H2,18,19,21)/t13-/m1/s1. The number of urea groups is 1. The molecule has 2 N–H and O–H groups in total. The molecule has 0 radical (unpaired) electrons. The Bertz CT molecular complexity index is 636. The van der Waals surface area contributed by atoms with Gasteiger partial charge in [0, 0.05) is 5.70 Å². The first-order valence-corrected chi connectivity index (χ1v) is 6.74. The first-order valence-electron chi connectivity index (χ1n) is 6.74. The summed E-state index contributed by atoms with van der Waals surface area (Å²) in [5.74, 6) is -2.45. The number of allylic oxidation sites excluding steroid dienone is 1. The molecule has 1 aliphatic rings. The molecule has 0 aromatic heterocycles. The van der Waals surface area contributed by atoms with Gasteiger partial charge in [-0.05, 0) is 32.9 Å². The Morgan fingerprint density at radius 2 is 1.86 bits per heavy atom. The number of carbonyl (C=O) groups excluding carboxylic acids is 2. The van der Waals surface area contributed by atoms with E-state index in [1.807, 2.05) is 0 Å². The van der Waals surface area contributed by atoms with Gasteiger partial charge in [-0.25, -0.2) is 18.4 Å². The Morgan fingerprint density at radius 1 is 1.27 bits per heavy atom. The summed E-state index contributed by atoms with van der Waals surface area (Å²) in [5.41, 5.74) is -0.230. The quantitative estimate of drug-likeness (QED) is 0.843. The van der Waals surface area contributed by atoms with Crippen molar-refractivity contribution in [2.24, 2.45) is 0 Å². The molecule has 1 heterocycles. The van der Waals surface area contributed by atoms with Gasteiger partial charge in [-0.15, -0.1) is 0 Å². The maximum absolute atomic E-state index is 14.0. The van der Waals surface area contributed by atoms with Crippen LogP contribution in [0.15, 0.2) is 29.5 Å². The highest BCUT2D eigenvalue weighted by molar-refractivity contribution is 5.95. The fourth-order valence-electron chi connectivity index (χ4n) is 2.24. The highest BCUT2D eigenvalue weighted by atomic mass is 19.1. The number of halogens is 2. The smallest absolute Gasteiger partial charge is 0.338 e. The third-order valence-corrected chi connectivity index (χ3v) is 3.12. The van der Waals surface area contributed by atoms with Crippen LogP contribution in [0.2, 0.25) is 0 Å². The lowest BCUT2D eigenvalue weighted by atomic mass is 9.94. The van der Waals surface area contributed by atoms with Gasteiger partial charge in [-0.2, -0.15) is 0 Å². The van der Waals surface area contributed by atoms with E-state index in [0.717, 1.165) is 12.1 Å². The van der Waals surface area contributed by atoms with E-state index in [4.69, 9.17) is 4.74 Å². The Balaban J connectivity index is 2.53. The van der Waals surface area contributed by atoms with Crippen LogP contribution in [0.1, 0.15) is 32.4 Å². The Morgan fingerprint density at radius 3 is 2.41 bits per heavy atom. The van der Waals surface area contributed by atoms with Crippen molar-refractivity contribution < 1.29 is 23.1 Å². The normalized spacial score (nSPS) is 18.1. The fourth-order valence-corrected chi connectivity index (χ4v) is 2.24. The molecule has 0 fully saturated rings. The van der Waals surface area contributed by atoms with Crippen LogP contribution in [-0.4, -0.2) is 18.1 Å². The fraction of sp³-hybridized carbons (Fsp3) is 0.333. The SMILES string of the molecule is CC1=C(C(=O)OC(C)C)[C@H](c2c(F)cccc2F)NC(=O)N1. The molecule has 1 aromatic rings. The van der Waals surface area contributed by atoms with E-state index in [-0.39, 0.29) is 11.3 Å². The third kappa shape index (κ3) is 3.08. The monoisotopic (exact) mass is 310 g/mol. The van der Waals surface area contributed by atoms with Crippen molar-refractivity contribution in [3.63, 3.8) is 0 Å². The predicted molar refractivity (Wildman–Crippen MR) is 74.7 cm³/mol. The number of amides is 2. The lowest BCUT2D eigenvalue weighted by molar-refractivity contribution is -0.143. The average molecular weight is 310 g/mol. The highest BCUT2D eigenvalue weighted by Gasteiger charge is 2.35. The first-order chi connectivity index (χ1) is 10.3. The van der Waals surface area contributed by atoms with Gasteiger partial charge in [-0.3, -0.25) is 0 Å². The van der Waals surface area contributed by atoms with Crippen LogP contribution in [0.3, 0.4) is 0 Å². The van der Waals surface area contributed by atoms with Crippen molar-refractivity contribution in [2.45, 2.75) is 32.9 Å². The molecule has 0 saturated carbocycles. The van der Waals surface area contributed by atoms with Crippen molar-refractivity contribution in [3.8, 4) is 0 Å². The minimum Gasteiger partial charge on any atom is -0.459 e. The maximum Gasteiger partial charge on any atom is 0.338 e. The molecule has 1 aromatic carbocycles. The topological polar surface area (TPSA) is 67.4 Å². The molecule has 0 bridgehead atoms. The Kier molecular flexibility index (Phi) is 4.44. The molecule has 2 rings (SSSR count). The second-order valence-electron chi connectivity index (χ2n) is 5.16. The molecule has 0 unspecified atom stereocenters. The lowest BCUT2D eigenvalue weighted by Gasteiger charge is -2.29. The van der Waals surface area contributed by atoms with E-state index in [1.165, 1.54) is 13.0 Å². The first kappa shape index (κ1) is 15.9. The Labute approximate surface area is 126 Å². The van der Waals surface area contributed by atoms with Crippen LogP contribution in [0.4, 0.5) is 13.6 Å². The minimum absolute atomic E-state index is 0.0303. The molecular weight excluding hydrogens is 294 g/mol. The van der Waals surface area contributed by atoms with Crippen LogP contribution in [0.25, 0.3) is 0 Å². The van der Waals surface area contributed by atoms with Crippen LogP contribution in [-0.2, 0) is 9.53 Å². The van der Waals surface area contributed by atoms with Crippen LogP contribution >= 0.6 is 0 Å². The van der Waals surface area contributed by atoms with Crippen molar-refractivity contribution in [1.82, 2.24) is 10.6 Å². The Hall–Kier alpha value is -2.44. The van der Waals surface area contributed by atoms with Crippen molar-refractivity contribution >= 4 is 12.0 Å². The second kappa shape index (κ2) is 6.13. The van der Waals surface area contributed by atoms with Crippen molar-refractivity contribution in [3.05, 3.63) is 46.7 Å². The van der Waals surface area contributed by atoms with Crippen molar-refractivity contribution in [2.75, 3.05) is 0 Å². The molecule has 1 atom stereocenters. The average Bonchev–Trinajstić information content (AvgIpc) is 2.36. The van der Waals surface area contributed by atoms with Gasteiger partial charge >= 0.3 is 12.0 Å². The van der Waals surface area contributed by atoms with Crippen LogP contribution < -0.4 is 10.6 Å². The molecule has 0 aliphatic carbocycles. The number of benzene rings is 1. The summed E-state index contributed by atoms with van der Waals surface area (Å²) in [6.07, 6.45) is -0.406. The van der Waals surface area contributed by atoms with E-state index in [0.29, 0.717) is 0 Å². The summed E-state index contributed by atoms with van der Waals surface area (Å²) in [4.78, 5) is 23.8. The molecule has 118 valence electrons. The molecule has 0 saturated heterocycles. The predicted octanol–water partition coefficient (Wildman–Crippen LogP) is 2.54. The van der Waals surface area contributed by atoms with Crippen LogP contribution in [0.5, 0.6) is 0 Å². The molecule has 1 aliphatic heterocycles. The molecule has 2 amide bonds. The van der Waals surface area contributed by atoms with E-state index < -0.39 is 41.3 Å². The van der Waals surface area contributed by atoms with Crippen LogP contribution in [0, 0.1) is 11.6 Å². The van der Waals surface area contributed by atoms with E-state index in [9.17, 15) is 18.4 Å². The zero-order valence-corrected chi connectivity index (χ0v) is 12.4. The largest absolute Gasteiger partial charge is 0.459 e. The second-order valence-corrected chi connectivity index (χ2v) is 5.16. The zero-order valence-electron chi connectivity index (χ0n) is 12.4. The molecule has 7 heteroatoms. The summed E-state index contributed by atoms with van der Waals surface area (Å²) >= 11 is 0. The van der Waals surface area contributed by atoms with Gasteiger partial charge in [0.25, 0.3) is 0 Å². The summed E-state index contributed by atoms with van der Waals surface area (Å²) in [7, 11) is 0. The van der Waals surface area contributed by atoms with E-state index >= 15 is 0 Å². The number of esters is 1. The van der Waals surface area contributed by atoms with E-state index in [2.05, 4.69) is 10.6 Å². The number of rotatable bonds is 3. The van der Waals surface area contributed by atoms with Gasteiger partial charge in [0.15, 0.2) is 0 Å². The molecular formula is C15H16F2N2O3. The maximum atomic E-state index is 14.0. The summed E-state index contributed by atoms with van der Waals surface area (Å²) < 4.78 is 33.1. The molecule has 5 nitrogen and oxygen atoms in total. The van der Waals surface area contributed by atoms with Crippen molar-refractivity contribution in [1.29, 1.82) is 0 Å². The number of hydrogen-bond donors (Lipinski definition) is 2. The molecule has 0 spiro atoms. The number of carbonyl (C=O) groups is 2. The number of hydrogen-bond acceptors (Lipinski definition) is 3. The van der Waals surface area contributed by atoms with E-state index in [1.54, 1.807) is 13.8 Å². The number of nitrogens with one attached hydrogen (secondary N) is 2. The van der Waals surface area contributed by atoms with Gasteiger partial charge in [0.05, 0.1) is 23.3 Å². The summed E-state index contributed by atoms with van der Waals surface area (Å²) in [6.45, 7) is 4.78. The summed E-state index contributed by atoms with van der Waals surface area (Å²) in [6, 6.07) is 1.44. The number of ether oxygens (including phenoxy) is 1. The summed E-state index contributed by atoms with van der Waals surface area (Å²) in [5, 5.41) is 4.77. The van der Waals surface area contributed by atoms with Gasteiger partial charge < -0.3 is 15.4 Å². The third-order valence-electron chi connectivity index (χ3n) is 3.12. The lowest BCUT2D eigenvalue weighted by Crippen LogP contribution is -2.46. The minimum atomic E-state index is -1.25. The van der Waals surface area contributed by atoms with Gasteiger partial charge in [0.1, 0.15) is 11.6 Å². The highest BCUT2D eigenvalue weighted by Crippen LogP contribution is 2.31. The zero-order chi connectivity index (χ0) is 16.4.